The van der Waals surface area contributed by atoms with E-state index in [1.54, 1.807) is 0 Å². The zero-order valence-corrected chi connectivity index (χ0v) is 12.1. The van der Waals surface area contributed by atoms with Crippen molar-refractivity contribution in [2.24, 2.45) is 5.73 Å². The van der Waals surface area contributed by atoms with Gasteiger partial charge >= 0.3 is 0 Å². The fourth-order valence-corrected chi connectivity index (χ4v) is 1.98. The number of nitrogens with one attached hydrogen (secondary N) is 1. The summed E-state index contributed by atoms with van der Waals surface area (Å²) in [4.78, 5) is 11.7. The molecule has 0 saturated carbocycles. The van der Waals surface area contributed by atoms with Crippen molar-refractivity contribution in [3.8, 4) is 0 Å². The number of carbonyl (C=O) groups is 1. The Morgan fingerprint density at radius 1 is 1.14 bits per heavy atom. The van der Waals surface area contributed by atoms with Crippen LogP contribution in [0.1, 0.15) is 5.56 Å². The molecule has 3 N–H and O–H groups in total. The van der Waals surface area contributed by atoms with E-state index in [2.05, 4.69) is 5.32 Å². The number of carbonyl (C=O) groups excluding carboxylic acids is 1. The highest BCUT2D eigenvalue weighted by Gasteiger charge is 2.27. The Hall–Kier alpha value is -1.72. The van der Waals surface area contributed by atoms with Crippen LogP contribution in [0.3, 0.4) is 0 Å². The van der Waals surface area contributed by atoms with Gasteiger partial charge < -0.3 is 11.1 Å². The lowest BCUT2D eigenvalue weighted by atomic mass is 10.0. The molecule has 114 valence electrons. The zero-order chi connectivity index (χ0) is 14.6. The first-order chi connectivity index (χ1) is 9.52. The molecule has 0 unspecified atom stereocenters. The Kier molecular flexibility index (Phi) is 6.05. The average Bonchev–Trinajstić information content (AvgIpc) is 2.46. The lowest BCUT2D eigenvalue weighted by Gasteiger charge is -2.14. The summed E-state index contributed by atoms with van der Waals surface area (Å²) in [5.41, 5.74) is 5.73. The monoisotopic (exact) mass is 314 g/mol. The van der Waals surface area contributed by atoms with Gasteiger partial charge in [0.1, 0.15) is 0 Å². The highest BCUT2D eigenvalue weighted by molar-refractivity contribution is 5.90. The molecule has 0 aliphatic carbocycles. The second-order valence-electron chi connectivity index (χ2n) is 4.65. The van der Waals surface area contributed by atoms with E-state index in [0.29, 0.717) is 0 Å². The molecule has 0 saturated heterocycles. The molecule has 0 aromatic heterocycles. The van der Waals surface area contributed by atoms with Crippen molar-refractivity contribution >= 4 is 29.1 Å². The van der Waals surface area contributed by atoms with Crippen LogP contribution in [0.25, 0.3) is 10.8 Å². The quantitative estimate of drug-likeness (QED) is 0.891. The largest absolute Gasteiger partial charge is 0.350 e. The maximum absolute atomic E-state index is 13.0. The Bertz CT molecular complexity index is 614. The van der Waals surface area contributed by atoms with Gasteiger partial charge in [0.15, 0.2) is 0 Å². The van der Waals surface area contributed by atoms with Crippen molar-refractivity contribution in [1.29, 1.82) is 0 Å². The standard InChI is InChI=1S/C15H16F2N2O.ClH/c16-15(17,9-18)10-19-14(20)8-12-6-3-5-11-4-1-2-7-13(11)12;/h1-7H,8-10,18H2,(H,19,20);1H. The minimum atomic E-state index is -3.06. The van der Waals surface area contributed by atoms with Crippen LogP contribution in [0.5, 0.6) is 0 Å². The molecule has 2 rings (SSSR count). The molecule has 21 heavy (non-hydrogen) atoms. The molecule has 0 radical (unpaired) electrons. The molecule has 3 nitrogen and oxygen atoms in total. The first kappa shape index (κ1) is 17.3. The summed E-state index contributed by atoms with van der Waals surface area (Å²) < 4.78 is 25.9. The van der Waals surface area contributed by atoms with E-state index in [0.717, 1.165) is 16.3 Å². The van der Waals surface area contributed by atoms with E-state index in [1.807, 2.05) is 42.5 Å². The summed E-state index contributed by atoms with van der Waals surface area (Å²) in [5, 5.41) is 4.19. The summed E-state index contributed by atoms with van der Waals surface area (Å²) in [6, 6.07) is 13.3. The number of hydrogen-bond acceptors (Lipinski definition) is 2. The lowest BCUT2D eigenvalue weighted by Crippen LogP contribution is -2.42. The van der Waals surface area contributed by atoms with Crippen LogP contribution < -0.4 is 11.1 Å². The number of alkyl halides is 2. The van der Waals surface area contributed by atoms with Gasteiger partial charge in [-0.2, -0.15) is 0 Å². The van der Waals surface area contributed by atoms with Crippen LogP contribution in [0.4, 0.5) is 8.78 Å². The van der Waals surface area contributed by atoms with Gasteiger partial charge in [-0.15, -0.1) is 12.4 Å². The third kappa shape index (κ3) is 4.65. The highest BCUT2D eigenvalue weighted by atomic mass is 35.5. The fraction of sp³-hybridized carbons (Fsp3) is 0.267. The lowest BCUT2D eigenvalue weighted by molar-refractivity contribution is -0.122. The maximum Gasteiger partial charge on any atom is 0.277 e. The number of rotatable bonds is 5. The minimum Gasteiger partial charge on any atom is -0.350 e. The molecule has 0 aliphatic rings. The molecule has 0 fully saturated rings. The van der Waals surface area contributed by atoms with Crippen LogP contribution in [0.2, 0.25) is 0 Å². The van der Waals surface area contributed by atoms with E-state index < -0.39 is 24.9 Å². The van der Waals surface area contributed by atoms with Gasteiger partial charge in [-0.05, 0) is 16.3 Å². The summed E-state index contributed by atoms with van der Waals surface area (Å²) in [7, 11) is 0. The summed E-state index contributed by atoms with van der Waals surface area (Å²) >= 11 is 0. The predicted molar refractivity (Wildman–Crippen MR) is 81.9 cm³/mol. The van der Waals surface area contributed by atoms with Crippen molar-refractivity contribution in [2.75, 3.05) is 13.1 Å². The minimum absolute atomic E-state index is 0. The van der Waals surface area contributed by atoms with Gasteiger partial charge in [-0.1, -0.05) is 42.5 Å². The molecule has 6 heteroatoms. The molecule has 0 heterocycles. The number of amides is 1. The number of hydrogen-bond donors (Lipinski definition) is 2. The first-order valence-electron chi connectivity index (χ1n) is 6.33. The SMILES string of the molecule is Cl.NCC(F)(F)CNC(=O)Cc1cccc2ccccc12. The summed E-state index contributed by atoms with van der Waals surface area (Å²) in [6.45, 7) is -1.51. The summed E-state index contributed by atoms with van der Waals surface area (Å²) in [5.74, 6) is -3.50. The van der Waals surface area contributed by atoms with Gasteiger partial charge in [0.2, 0.25) is 5.91 Å². The van der Waals surface area contributed by atoms with E-state index in [9.17, 15) is 13.6 Å². The van der Waals surface area contributed by atoms with Gasteiger partial charge in [0.05, 0.1) is 19.5 Å². The Balaban J connectivity index is 0.00000220. The second kappa shape index (κ2) is 7.33. The zero-order valence-electron chi connectivity index (χ0n) is 11.3. The molecule has 0 atom stereocenters. The Morgan fingerprint density at radius 3 is 2.52 bits per heavy atom. The van der Waals surface area contributed by atoms with Crippen LogP contribution in [0, 0.1) is 0 Å². The van der Waals surface area contributed by atoms with Crippen molar-refractivity contribution < 1.29 is 13.6 Å². The van der Waals surface area contributed by atoms with Crippen LogP contribution in [-0.4, -0.2) is 24.9 Å². The first-order valence-corrected chi connectivity index (χ1v) is 6.33. The normalized spacial score (nSPS) is 11.0. The molecule has 2 aromatic carbocycles. The third-order valence-electron chi connectivity index (χ3n) is 3.07. The smallest absolute Gasteiger partial charge is 0.277 e. The van der Waals surface area contributed by atoms with E-state index in [1.165, 1.54) is 0 Å². The topological polar surface area (TPSA) is 55.1 Å². The molecular formula is C15H17ClF2N2O. The molecule has 0 spiro atoms. The van der Waals surface area contributed by atoms with Gasteiger partial charge in [-0.25, -0.2) is 8.78 Å². The van der Waals surface area contributed by atoms with Crippen molar-refractivity contribution in [3.05, 3.63) is 48.0 Å². The van der Waals surface area contributed by atoms with E-state index in [-0.39, 0.29) is 18.8 Å². The number of nitrogens with two attached hydrogens (primary N) is 1. The Labute approximate surface area is 127 Å². The molecule has 2 aromatic rings. The van der Waals surface area contributed by atoms with Gasteiger partial charge in [0, 0.05) is 0 Å². The highest BCUT2D eigenvalue weighted by Crippen LogP contribution is 2.19. The predicted octanol–water partition coefficient (Wildman–Crippen LogP) is 2.51. The third-order valence-corrected chi connectivity index (χ3v) is 3.07. The van der Waals surface area contributed by atoms with Crippen molar-refractivity contribution in [3.63, 3.8) is 0 Å². The molecule has 0 aliphatic heterocycles. The second-order valence-corrected chi connectivity index (χ2v) is 4.65. The molecule has 1 amide bonds. The van der Waals surface area contributed by atoms with Crippen molar-refractivity contribution in [1.82, 2.24) is 5.32 Å². The van der Waals surface area contributed by atoms with E-state index >= 15 is 0 Å². The Morgan fingerprint density at radius 2 is 1.81 bits per heavy atom. The number of benzene rings is 2. The summed E-state index contributed by atoms with van der Waals surface area (Å²) in [6.07, 6.45) is 0.0714. The van der Waals surface area contributed by atoms with Gasteiger partial charge in [0.25, 0.3) is 5.92 Å². The number of fused-ring (bicyclic) bond motifs is 1. The maximum atomic E-state index is 13.0. The van der Waals surface area contributed by atoms with Crippen LogP contribution in [0.15, 0.2) is 42.5 Å². The molecular weight excluding hydrogens is 298 g/mol. The van der Waals surface area contributed by atoms with Crippen LogP contribution >= 0.6 is 12.4 Å². The molecule has 0 bridgehead atoms. The fourth-order valence-electron chi connectivity index (χ4n) is 1.98. The van der Waals surface area contributed by atoms with E-state index in [4.69, 9.17) is 5.73 Å². The van der Waals surface area contributed by atoms with Crippen LogP contribution in [-0.2, 0) is 11.2 Å². The average molecular weight is 315 g/mol. The number of halogens is 3. The van der Waals surface area contributed by atoms with Gasteiger partial charge in [-0.3, -0.25) is 4.79 Å². The van der Waals surface area contributed by atoms with Crippen molar-refractivity contribution in [2.45, 2.75) is 12.3 Å².